The van der Waals surface area contributed by atoms with Crippen LogP contribution in [0, 0.1) is 0 Å². The number of thiazole rings is 1. The summed E-state index contributed by atoms with van der Waals surface area (Å²) in [5.41, 5.74) is 4.19. The van der Waals surface area contributed by atoms with Crippen molar-refractivity contribution >= 4 is 67.4 Å². The second-order valence-corrected chi connectivity index (χ2v) is 9.48. The quantitative estimate of drug-likeness (QED) is 0.225. The van der Waals surface area contributed by atoms with E-state index in [-0.39, 0.29) is 11.8 Å². The highest BCUT2D eigenvalue weighted by Crippen LogP contribution is 2.36. The summed E-state index contributed by atoms with van der Waals surface area (Å²) in [5, 5.41) is 23.8. The average molecular weight is 550 g/mol. The molecule has 0 saturated carbocycles. The lowest BCUT2D eigenvalue weighted by Crippen LogP contribution is -2.21. The van der Waals surface area contributed by atoms with E-state index in [1.807, 2.05) is 36.4 Å². The number of benzene rings is 2. The third-order valence-corrected chi connectivity index (χ3v) is 6.59. The van der Waals surface area contributed by atoms with Crippen molar-refractivity contribution in [3.05, 3.63) is 42.6 Å². The Balaban J connectivity index is 1.82. The molecule has 0 fully saturated rings. The van der Waals surface area contributed by atoms with E-state index in [9.17, 15) is 9.59 Å². The van der Waals surface area contributed by atoms with E-state index in [1.54, 1.807) is 6.20 Å². The summed E-state index contributed by atoms with van der Waals surface area (Å²) < 4.78 is 0. The maximum Gasteiger partial charge on any atom is 0.232 e. The van der Waals surface area contributed by atoms with Gasteiger partial charge in [-0.1, -0.05) is 11.3 Å². The van der Waals surface area contributed by atoms with Crippen LogP contribution in [-0.2, 0) is 9.59 Å². The average Bonchev–Trinajstić information content (AvgIpc) is 3.36. The van der Waals surface area contributed by atoms with Gasteiger partial charge in [0.25, 0.3) is 0 Å². The zero-order chi connectivity index (χ0) is 28.4. The number of hydrogen-bond donors (Lipinski definition) is 2. The number of rotatable bonds is 12. The fourth-order valence-electron chi connectivity index (χ4n) is 3.92. The number of anilines is 4. The molecular weight excluding hydrogens is 514 g/mol. The first kappa shape index (κ1) is 29.4. The smallest absolute Gasteiger partial charge is 0.232 e. The van der Waals surface area contributed by atoms with Gasteiger partial charge in [-0.2, -0.15) is 0 Å². The Labute approximate surface area is 233 Å². The molecule has 1 heterocycles. The van der Waals surface area contributed by atoms with Gasteiger partial charge in [-0.25, -0.2) is 4.98 Å². The Bertz CT molecular complexity index is 1240. The highest BCUT2D eigenvalue weighted by atomic mass is 32.1. The first-order valence-corrected chi connectivity index (χ1v) is 13.7. The summed E-state index contributed by atoms with van der Waals surface area (Å²) in [5.74, 6) is -0.378. The number of aromatic nitrogens is 1. The highest BCUT2D eigenvalue weighted by Gasteiger charge is 2.11. The van der Waals surface area contributed by atoms with Gasteiger partial charge in [-0.3, -0.25) is 9.59 Å². The fourth-order valence-corrected chi connectivity index (χ4v) is 4.48. The number of amides is 2. The Morgan fingerprint density at radius 2 is 1.21 bits per heavy atom. The van der Waals surface area contributed by atoms with E-state index < -0.39 is 0 Å². The van der Waals surface area contributed by atoms with E-state index in [0.29, 0.717) is 32.9 Å². The number of nitrogens with one attached hydrogen (secondary N) is 2. The number of azo groups is 2. The van der Waals surface area contributed by atoms with Crippen LogP contribution in [0.15, 0.2) is 63.1 Å². The van der Waals surface area contributed by atoms with Crippen LogP contribution in [0.25, 0.3) is 0 Å². The van der Waals surface area contributed by atoms with Gasteiger partial charge < -0.3 is 20.4 Å². The van der Waals surface area contributed by atoms with Gasteiger partial charge in [0, 0.05) is 51.4 Å². The van der Waals surface area contributed by atoms with Crippen molar-refractivity contribution in [2.75, 3.05) is 46.6 Å². The molecule has 0 saturated heterocycles. The van der Waals surface area contributed by atoms with Gasteiger partial charge in [0.05, 0.1) is 17.6 Å². The van der Waals surface area contributed by atoms with Crippen LogP contribution >= 0.6 is 11.3 Å². The molecule has 2 aromatic carbocycles. The first-order chi connectivity index (χ1) is 18.8. The minimum Gasteiger partial charge on any atom is -0.372 e. The van der Waals surface area contributed by atoms with Gasteiger partial charge in [0.15, 0.2) is 5.00 Å². The number of carbonyl (C=O) groups is 2. The molecule has 0 aliphatic rings. The number of hydrogen-bond acceptors (Lipinski definition) is 10. The molecule has 12 heteroatoms. The lowest BCUT2D eigenvalue weighted by Gasteiger charge is -2.22. The Hall–Kier alpha value is -4.19. The minimum absolute atomic E-state index is 0.188. The monoisotopic (exact) mass is 549 g/mol. The molecule has 39 heavy (non-hydrogen) atoms. The highest BCUT2D eigenvalue weighted by molar-refractivity contribution is 7.18. The van der Waals surface area contributed by atoms with Gasteiger partial charge in [0.2, 0.25) is 16.9 Å². The van der Waals surface area contributed by atoms with E-state index in [0.717, 1.165) is 37.6 Å². The number of nitrogens with zero attached hydrogens (tertiary/aromatic N) is 7. The Morgan fingerprint density at radius 1 is 0.744 bits per heavy atom. The standard InChI is InChI=1S/C27H35N9O2S/c1-7-35(8-2)20-11-13-22(24(15-20)29-18(5)37)31-33-26-17-28-27(39-26)34-32-23-14-12-21(36(9-3)10-4)16-25(23)30-19(6)38/h11-17H,7-10H2,1-6H3,(H,29,37)(H,30,38). The number of carbonyl (C=O) groups excluding carboxylic acids is 2. The van der Waals surface area contributed by atoms with E-state index in [4.69, 9.17) is 0 Å². The maximum absolute atomic E-state index is 11.8. The summed E-state index contributed by atoms with van der Waals surface area (Å²) in [6, 6.07) is 11.3. The SMILES string of the molecule is CCN(CC)c1ccc(N=Nc2cnc(N=Nc3ccc(N(CC)CC)cc3NC(C)=O)s2)c(NC(C)=O)c1. The third-order valence-electron chi connectivity index (χ3n) is 5.82. The van der Waals surface area contributed by atoms with Crippen LogP contribution < -0.4 is 20.4 Å². The van der Waals surface area contributed by atoms with Crippen LogP contribution in [0.3, 0.4) is 0 Å². The molecule has 1 aromatic heterocycles. The zero-order valence-electron chi connectivity index (χ0n) is 23.2. The Kier molecular flexibility index (Phi) is 10.6. The molecular formula is C27H35N9O2S. The molecule has 2 amide bonds. The van der Waals surface area contributed by atoms with Crippen molar-refractivity contribution in [2.24, 2.45) is 20.5 Å². The largest absolute Gasteiger partial charge is 0.372 e. The normalized spacial score (nSPS) is 11.2. The maximum atomic E-state index is 11.8. The van der Waals surface area contributed by atoms with Gasteiger partial charge in [-0.15, -0.1) is 20.5 Å². The summed E-state index contributed by atoms with van der Waals surface area (Å²) in [7, 11) is 0. The van der Waals surface area contributed by atoms with Crippen LogP contribution in [0.2, 0.25) is 0 Å². The van der Waals surface area contributed by atoms with E-state index in [2.05, 4.69) is 73.6 Å². The molecule has 0 radical (unpaired) electrons. The molecule has 11 nitrogen and oxygen atoms in total. The minimum atomic E-state index is -0.191. The van der Waals surface area contributed by atoms with Crippen LogP contribution in [0.5, 0.6) is 0 Å². The molecule has 0 aliphatic heterocycles. The van der Waals surface area contributed by atoms with Crippen molar-refractivity contribution in [3.63, 3.8) is 0 Å². The molecule has 0 unspecified atom stereocenters. The molecule has 3 rings (SSSR count). The lowest BCUT2D eigenvalue weighted by atomic mass is 10.2. The van der Waals surface area contributed by atoms with Crippen molar-refractivity contribution in [2.45, 2.75) is 41.5 Å². The topological polar surface area (TPSA) is 127 Å². The summed E-state index contributed by atoms with van der Waals surface area (Å²) in [4.78, 5) is 32.2. The van der Waals surface area contributed by atoms with E-state index in [1.165, 1.54) is 25.2 Å². The van der Waals surface area contributed by atoms with Gasteiger partial charge in [-0.05, 0) is 64.1 Å². The summed E-state index contributed by atoms with van der Waals surface area (Å²) in [6.45, 7) is 14.6. The van der Waals surface area contributed by atoms with Crippen LogP contribution in [0.4, 0.5) is 44.3 Å². The molecule has 0 atom stereocenters. The van der Waals surface area contributed by atoms with Gasteiger partial charge >= 0.3 is 0 Å². The Morgan fingerprint density at radius 3 is 1.64 bits per heavy atom. The second kappa shape index (κ2) is 14.1. The molecule has 0 spiro atoms. The van der Waals surface area contributed by atoms with E-state index >= 15 is 0 Å². The van der Waals surface area contributed by atoms with Crippen molar-refractivity contribution in [1.29, 1.82) is 0 Å². The molecule has 0 bridgehead atoms. The van der Waals surface area contributed by atoms with Crippen LogP contribution in [-0.4, -0.2) is 43.0 Å². The van der Waals surface area contributed by atoms with Crippen molar-refractivity contribution in [3.8, 4) is 0 Å². The van der Waals surface area contributed by atoms with Crippen molar-refractivity contribution < 1.29 is 9.59 Å². The predicted molar refractivity (Wildman–Crippen MR) is 159 cm³/mol. The second-order valence-electron chi connectivity index (χ2n) is 8.49. The third kappa shape index (κ3) is 8.14. The molecule has 206 valence electrons. The molecule has 2 N–H and O–H groups in total. The van der Waals surface area contributed by atoms with Gasteiger partial charge in [0.1, 0.15) is 11.4 Å². The fraction of sp³-hybridized carbons (Fsp3) is 0.370. The summed E-state index contributed by atoms with van der Waals surface area (Å²) in [6.07, 6.45) is 1.56. The first-order valence-electron chi connectivity index (χ1n) is 12.9. The summed E-state index contributed by atoms with van der Waals surface area (Å²) >= 11 is 1.22. The predicted octanol–water partition coefficient (Wildman–Crippen LogP) is 7.58. The lowest BCUT2D eigenvalue weighted by molar-refractivity contribution is -0.115. The zero-order valence-corrected chi connectivity index (χ0v) is 24.0. The van der Waals surface area contributed by atoms with Crippen molar-refractivity contribution in [1.82, 2.24) is 4.98 Å². The molecule has 3 aromatic rings. The van der Waals surface area contributed by atoms with Crippen LogP contribution in [0.1, 0.15) is 41.5 Å². The molecule has 0 aliphatic carbocycles.